The fourth-order valence-corrected chi connectivity index (χ4v) is 4.01. The number of methoxy groups -OCH3 is 1. The standard InChI is InChI=1S/C21H19FN2O5/c1-23-19(26)15-5-3-4-6-16(15)24-18(25)9-10-21(23,24)20(27)29-12-13-11-14(22)7-8-17(13)28-2/h3-8,11H,9-10,12H2,1-2H3. The molecule has 0 N–H and O–H groups in total. The predicted molar refractivity (Wildman–Crippen MR) is 101 cm³/mol. The number of para-hydroxylation sites is 1. The first kappa shape index (κ1) is 18.9. The number of likely N-dealkylation sites (N-methyl/N-ethyl adjacent to an activating group) is 1. The van der Waals surface area contributed by atoms with Crippen molar-refractivity contribution in [2.45, 2.75) is 25.1 Å². The Kier molecular flexibility index (Phi) is 4.49. The van der Waals surface area contributed by atoms with E-state index in [0.717, 1.165) is 0 Å². The van der Waals surface area contributed by atoms with E-state index >= 15 is 0 Å². The van der Waals surface area contributed by atoms with E-state index in [1.54, 1.807) is 24.3 Å². The zero-order chi connectivity index (χ0) is 20.8. The van der Waals surface area contributed by atoms with Crippen molar-refractivity contribution in [3.05, 3.63) is 59.4 Å². The molecule has 2 aliphatic heterocycles. The van der Waals surface area contributed by atoms with E-state index in [9.17, 15) is 18.8 Å². The van der Waals surface area contributed by atoms with Gasteiger partial charge in [0.2, 0.25) is 11.6 Å². The summed E-state index contributed by atoms with van der Waals surface area (Å²) < 4.78 is 24.3. The molecule has 1 fully saturated rings. The summed E-state index contributed by atoms with van der Waals surface area (Å²) in [6.45, 7) is -0.257. The molecule has 150 valence electrons. The van der Waals surface area contributed by atoms with Crippen LogP contribution >= 0.6 is 0 Å². The zero-order valence-electron chi connectivity index (χ0n) is 16.0. The molecule has 1 unspecified atom stereocenters. The number of halogens is 1. The lowest BCUT2D eigenvalue weighted by atomic mass is 9.97. The molecule has 2 aliphatic rings. The molecule has 7 nitrogen and oxygen atoms in total. The van der Waals surface area contributed by atoms with Crippen LogP contribution in [0.4, 0.5) is 10.1 Å². The smallest absolute Gasteiger partial charge is 0.354 e. The van der Waals surface area contributed by atoms with E-state index in [1.807, 2.05) is 0 Å². The number of amides is 2. The first-order chi connectivity index (χ1) is 13.9. The van der Waals surface area contributed by atoms with Gasteiger partial charge in [0, 0.05) is 25.5 Å². The number of carbonyl (C=O) groups excluding carboxylic acids is 3. The number of rotatable bonds is 4. The summed E-state index contributed by atoms with van der Waals surface area (Å²) in [7, 11) is 2.91. The van der Waals surface area contributed by atoms with E-state index in [0.29, 0.717) is 22.6 Å². The molecule has 0 spiro atoms. The second-order valence-electron chi connectivity index (χ2n) is 6.96. The molecule has 2 aromatic carbocycles. The number of anilines is 1. The van der Waals surface area contributed by atoms with E-state index < -0.39 is 17.4 Å². The topological polar surface area (TPSA) is 76.1 Å². The van der Waals surface area contributed by atoms with Crippen LogP contribution in [-0.4, -0.2) is 42.5 Å². The molecule has 0 bridgehead atoms. The van der Waals surface area contributed by atoms with Gasteiger partial charge in [-0.2, -0.15) is 0 Å². The Labute approximate surface area is 166 Å². The highest BCUT2D eigenvalue weighted by Crippen LogP contribution is 2.44. The van der Waals surface area contributed by atoms with Gasteiger partial charge in [-0.25, -0.2) is 9.18 Å². The maximum atomic E-state index is 13.6. The van der Waals surface area contributed by atoms with Gasteiger partial charge in [-0.05, 0) is 30.3 Å². The first-order valence-electron chi connectivity index (χ1n) is 9.10. The summed E-state index contributed by atoms with van der Waals surface area (Å²) >= 11 is 0. The van der Waals surface area contributed by atoms with E-state index in [4.69, 9.17) is 9.47 Å². The molecule has 2 aromatic rings. The first-order valence-corrected chi connectivity index (χ1v) is 9.10. The van der Waals surface area contributed by atoms with Crippen LogP contribution < -0.4 is 9.64 Å². The van der Waals surface area contributed by atoms with Crippen LogP contribution in [0.2, 0.25) is 0 Å². The van der Waals surface area contributed by atoms with Gasteiger partial charge in [-0.3, -0.25) is 14.5 Å². The molecule has 2 amide bonds. The molecule has 29 heavy (non-hydrogen) atoms. The highest BCUT2D eigenvalue weighted by molar-refractivity contribution is 6.15. The molecule has 1 saturated heterocycles. The van der Waals surface area contributed by atoms with Crippen LogP contribution in [0.15, 0.2) is 42.5 Å². The van der Waals surface area contributed by atoms with Gasteiger partial charge in [-0.1, -0.05) is 12.1 Å². The maximum Gasteiger partial charge on any atom is 0.354 e. The minimum atomic E-state index is -1.57. The molecule has 0 saturated carbocycles. The van der Waals surface area contributed by atoms with Gasteiger partial charge in [0.15, 0.2) is 0 Å². The van der Waals surface area contributed by atoms with Crippen LogP contribution in [0.1, 0.15) is 28.8 Å². The average Bonchev–Trinajstić information content (AvgIpc) is 3.09. The minimum absolute atomic E-state index is 0.102. The Bertz CT molecular complexity index is 1020. The third-order valence-electron chi connectivity index (χ3n) is 5.47. The van der Waals surface area contributed by atoms with Gasteiger partial charge in [0.1, 0.15) is 18.2 Å². The molecular weight excluding hydrogens is 379 g/mol. The summed E-state index contributed by atoms with van der Waals surface area (Å²) in [5, 5.41) is 0. The SMILES string of the molecule is COc1ccc(F)cc1COC(=O)C12CCC(=O)N1c1ccccc1C(=O)N2C. The molecule has 0 aromatic heterocycles. The van der Waals surface area contributed by atoms with Crippen LogP contribution in [0, 0.1) is 5.82 Å². The van der Waals surface area contributed by atoms with Crippen molar-refractivity contribution < 1.29 is 28.2 Å². The van der Waals surface area contributed by atoms with E-state index in [2.05, 4.69) is 0 Å². The highest BCUT2D eigenvalue weighted by atomic mass is 19.1. The molecule has 0 aliphatic carbocycles. The summed E-state index contributed by atoms with van der Waals surface area (Å²) in [6.07, 6.45) is 0.214. The highest BCUT2D eigenvalue weighted by Gasteiger charge is 2.60. The Morgan fingerprint density at radius 1 is 1.21 bits per heavy atom. The normalized spacial score (nSPS) is 20.4. The number of carbonyl (C=O) groups is 3. The summed E-state index contributed by atoms with van der Waals surface area (Å²) in [5.74, 6) is -1.51. The Morgan fingerprint density at radius 2 is 1.97 bits per heavy atom. The van der Waals surface area contributed by atoms with Gasteiger partial charge in [-0.15, -0.1) is 0 Å². The van der Waals surface area contributed by atoms with Crippen molar-refractivity contribution in [1.82, 2.24) is 4.90 Å². The maximum absolute atomic E-state index is 13.6. The lowest BCUT2D eigenvalue weighted by Crippen LogP contribution is -2.67. The third kappa shape index (κ3) is 2.74. The van der Waals surface area contributed by atoms with Crippen molar-refractivity contribution >= 4 is 23.5 Å². The number of nitrogens with zero attached hydrogens (tertiary/aromatic N) is 2. The average molecular weight is 398 g/mol. The lowest BCUT2D eigenvalue weighted by molar-refractivity contribution is -0.157. The third-order valence-corrected chi connectivity index (χ3v) is 5.47. The van der Waals surface area contributed by atoms with Crippen LogP contribution in [-0.2, 0) is 20.9 Å². The fraction of sp³-hybridized carbons (Fsp3) is 0.286. The Balaban J connectivity index is 1.69. The summed E-state index contributed by atoms with van der Waals surface area (Å²) in [4.78, 5) is 41.4. The molecule has 2 heterocycles. The summed E-state index contributed by atoms with van der Waals surface area (Å²) in [5.41, 5.74) is -0.486. The number of hydrogen-bond acceptors (Lipinski definition) is 5. The van der Waals surface area contributed by atoms with Crippen molar-refractivity contribution in [2.75, 3.05) is 19.1 Å². The molecule has 4 rings (SSSR count). The second kappa shape index (κ2) is 6.88. The largest absolute Gasteiger partial charge is 0.496 e. The molecule has 1 atom stereocenters. The lowest BCUT2D eigenvalue weighted by Gasteiger charge is -2.46. The number of esters is 1. The van der Waals surface area contributed by atoms with Crippen molar-refractivity contribution in [1.29, 1.82) is 0 Å². The quantitative estimate of drug-likeness (QED) is 0.740. The zero-order valence-corrected chi connectivity index (χ0v) is 16.0. The van der Waals surface area contributed by atoms with Crippen LogP contribution in [0.25, 0.3) is 0 Å². The van der Waals surface area contributed by atoms with Crippen molar-refractivity contribution in [3.8, 4) is 5.75 Å². The van der Waals surface area contributed by atoms with Crippen molar-refractivity contribution in [3.63, 3.8) is 0 Å². The van der Waals surface area contributed by atoms with Gasteiger partial charge in [0.05, 0.1) is 18.4 Å². The minimum Gasteiger partial charge on any atom is -0.496 e. The van der Waals surface area contributed by atoms with E-state index in [-0.39, 0.29) is 31.3 Å². The number of fused-ring (bicyclic) bond motifs is 3. The molecular formula is C21H19FN2O5. The number of ether oxygens (including phenoxy) is 2. The number of hydrogen-bond donors (Lipinski definition) is 0. The monoisotopic (exact) mass is 398 g/mol. The molecule has 8 heteroatoms. The van der Waals surface area contributed by atoms with Crippen LogP contribution in [0.3, 0.4) is 0 Å². The second-order valence-corrected chi connectivity index (χ2v) is 6.96. The van der Waals surface area contributed by atoms with E-state index in [1.165, 1.54) is 42.2 Å². The van der Waals surface area contributed by atoms with Gasteiger partial charge in [0.25, 0.3) is 5.91 Å². The van der Waals surface area contributed by atoms with Crippen LogP contribution in [0.5, 0.6) is 5.75 Å². The fourth-order valence-electron chi connectivity index (χ4n) is 4.01. The Morgan fingerprint density at radius 3 is 2.72 bits per heavy atom. The molecule has 0 radical (unpaired) electrons. The van der Waals surface area contributed by atoms with Gasteiger partial charge >= 0.3 is 5.97 Å². The number of benzene rings is 2. The Hall–Kier alpha value is -3.42. The predicted octanol–water partition coefficient (Wildman–Crippen LogP) is 2.49. The van der Waals surface area contributed by atoms with Crippen molar-refractivity contribution in [2.24, 2.45) is 0 Å². The van der Waals surface area contributed by atoms with Gasteiger partial charge < -0.3 is 14.4 Å². The summed E-state index contributed by atoms with van der Waals surface area (Å²) in [6, 6.07) is 10.6.